The van der Waals surface area contributed by atoms with Crippen molar-refractivity contribution in [3.05, 3.63) is 17.7 Å². The fraction of sp³-hybridized carbons (Fsp3) is 0.800. The highest BCUT2D eigenvalue weighted by atomic mass is 15.2. The molecule has 4 heteroatoms. The van der Waals surface area contributed by atoms with E-state index >= 15 is 0 Å². The summed E-state index contributed by atoms with van der Waals surface area (Å²) in [6, 6.07) is 1.01. The summed E-state index contributed by atoms with van der Waals surface area (Å²) in [5, 5.41) is 0. The highest BCUT2D eigenvalue weighted by Gasteiger charge is 2.23. The van der Waals surface area contributed by atoms with Crippen molar-refractivity contribution in [2.75, 3.05) is 13.1 Å². The number of aromatic nitrogens is 2. The minimum absolute atomic E-state index is 0.316. The molecule has 2 N–H and O–H groups in total. The van der Waals surface area contributed by atoms with Gasteiger partial charge in [0.05, 0.1) is 5.69 Å². The number of piperidine rings is 1. The monoisotopic (exact) mass is 262 g/mol. The Labute approximate surface area is 116 Å². The third-order valence-electron chi connectivity index (χ3n) is 4.68. The molecule has 4 nitrogen and oxygen atoms in total. The van der Waals surface area contributed by atoms with Crippen molar-refractivity contribution in [1.82, 2.24) is 14.5 Å². The van der Waals surface area contributed by atoms with Crippen molar-refractivity contribution in [1.29, 1.82) is 0 Å². The molecule has 0 aliphatic carbocycles. The van der Waals surface area contributed by atoms with Gasteiger partial charge in [0.25, 0.3) is 0 Å². The van der Waals surface area contributed by atoms with Crippen LogP contribution in [0, 0.1) is 0 Å². The number of nitrogens with two attached hydrogens (primary N) is 1. The van der Waals surface area contributed by atoms with E-state index in [1.807, 2.05) is 0 Å². The van der Waals surface area contributed by atoms with Crippen LogP contribution in [0.3, 0.4) is 0 Å². The van der Waals surface area contributed by atoms with Gasteiger partial charge in [-0.2, -0.15) is 0 Å². The van der Waals surface area contributed by atoms with Crippen LogP contribution in [0.15, 0.2) is 6.20 Å². The van der Waals surface area contributed by atoms with Gasteiger partial charge in [0.15, 0.2) is 0 Å². The van der Waals surface area contributed by atoms with E-state index in [1.54, 1.807) is 0 Å². The summed E-state index contributed by atoms with van der Waals surface area (Å²) in [7, 11) is 0. The zero-order valence-electron chi connectivity index (χ0n) is 12.0. The number of fused-ring (bicyclic) bond motifs is 1. The van der Waals surface area contributed by atoms with E-state index in [4.69, 9.17) is 10.7 Å². The van der Waals surface area contributed by atoms with Crippen LogP contribution in [-0.2, 0) is 19.4 Å². The Morgan fingerprint density at radius 1 is 1.37 bits per heavy atom. The molecule has 2 unspecified atom stereocenters. The van der Waals surface area contributed by atoms with Gasteiger partial charge in [-0.3, -0.25) is 0 Å². The first kappa shape index (κ1) is 13.1. The minimum Gasteiger partial charge on any atom is -0.333 e. The molecule has 1 fully saturated rings. The van der Waals surface area contributed by atoms with Gasteiger partial charge >= 0.3 is 0 Å². The molecule has 0 bridgehead atoms. The maximum absolute atomic E-state index is 6.03. The van der Waals surface area contributed by atoms with Crippen molar-refractivity contribution >= 4 is 0 Å². The smallest absolute Gasteiger partial charge is 0.109 e. The van der Waals surface area contributed by atoms with Crippen LogP contribution < -0.4 is 5.73 Å². The first-order valence-electron chi connectivity index (χ1n) is 7.81. The molecule has 2 atom stereocenters. The molecule has 2 aliphatic rings. The summed E-state index contributed by atoms with van der Waals surface area (Å²) in [4.78, 5) is 7.45. The number of nitrogens with zero attached hydrogens (tertiary/aromatic N) is 3. The Morgan fingerprint density at radius 3 is 3.11 bits per heavy atom. The van der Waals surface area contributed by atoms with E-state index in [0.717, 1.165) is 25.8 Å². The molecule has 0 radical (unpaired) electrons. The van der Waals surface area contributed by atoms with Crippen molar-refractivity contribution in [3.63, 3.8) is 0 Å². The van der Waals surface area contributed by atoms with Crippen LogP contribution >= 0.6 is 0 Å². The van der Waals surface area contributed by atoms with E-state index in [-0.39, 0.29) is 0 Å². The Hall–Kier alpha value is -0.870. The molecule has 1 aromatic rings. The van der Waals surface area contributed by atoms with Gasteiger partial charge in [-0.15, -0.1) is 0 Å². The summed E-state index contributed by atoms with van der Waals surface area (Å²) in [5.74, 6) is 1.25. The average molecular weight is 262 g/mol. The maximum Gasteiger partial charge on any atom is 0.109 e. The zero-order chi connectivity index (χ0) is 13.2. The predicted octanol–water partition coefficient (Wildman–Crippen LogP) is 1.57. The van der Waals surface area contributed by atoms with E-state index in [9.17, 15) is 0 Å². The van der Waals surface area contributed by atoms with Gasteiger partial charge in [-0.05, 0) is 32.4 Å². The second kappa shape index (κ2) is 5.63. The second-order valence-electron chi connectivity index (χ2n) is 6.08. The van der Waals surface area contributed by atoms with Crippen LogP contribution in [0.1, 0.15) is 44.1 Å². The van der Waals surface area contributed by atoms with Gasteiger partial charge in [0.2, 0.25) is 0 Å². The van der Waals surface area contributed by atoms with Crippen molar-refractivity contribution in [2.45, 2.75) is 64.1 Å². The number of likely N-dealkylation sites (N-methyl/N-ethyl adjacent to an activating group) is 1. The molecule has 3 rings (SSSR count). The fourth-order valence-corrected chi connectivity index (χ4v) is 3.58. The molecule has 3 heterocycles. The summed E-state index contributed by atoms with van der Waals surface area (Å²) in [6.07, 6.45) is 9.55. The Kier molecular flexibility index (Phi) is 3.89. The molecular weight excluding hydrogens is 236 g/mol. The largest absolute Gasteiger partial charge is 0.333 e. The number of rotatable bonds is 3. The van der Waals surface area contributed by atoms with Crippen LogP contribution in [0.2, 0.25) is 0 Å². The molecule has 1 aromatic heterocycles. The fourth-order valence-electron chi connectivity index (χ4n) is 3.58. The molecule has 106 valence electrons. The number of imidazole rings is 1. The number of hydrogen-bond acceptors (Lipinski definition) is 3. The summed E-state index contributed by atoms with van der Waals surface area (Å²) < 4.78 is 2.28. The van der Waals surface area contributed by atoms with E-state index in [0.29, 0.717) is 12.1 Å². The minimum atomic E-state index is 0.316. The van der Waals surface area contributed by atoms with Crippen LogP contribution in [0.25, 0.3) is 0 Å². The van der Waals surface area contributed by atoms with Crippen molar-refractivity contribution in [2.24, 2.45) is 5.73 Å². The predicted molar refractivity (Wildman–Crippen MR) is 77.1 cm³/mol. The quantitative estimate of drug-likeness (QED) is 0.899. The zero-order valence-corrected chi connectivity index (χ0v) is 12.0. The highest BCUT2D eigenvalue weighted by Crippen LogP contribution is 2.21. The molecule has 0 aromatic carbocycles. The average Bonchev–Trinajstić information content (AvgIpc) is 2.80. The van der Waals surface area contributed by atoms with Gasteiger partial charge in [-0.1, -0.05) is 13.3 Å². The van der Waals surface area contributed by atoms with Gasteiger partial charge < -0.3 is 15.2 Å². The molecular formula is C15H26N4. The first-order valence-corrected chi connectivity index (χ1v) is 7.81. The van der Waals surface area contributed by atoms with E-state index < -0.39 is 0 Å². The van der Waals surface area contributed by atoms with Crippen LogP contribution in [0.4, 0.5) is 0 Å². The summed E-state index contributed by atoms with van der Waals surface area (Å²) in [6.45, 7) is 5.66. The Morgan fingerprint density at radius 2 is 2.26 bits per heavy atom. The molecule has 0 amide bonds. The maximum atomic E-state index is 6.03. The first-order chi connectivity index (χ1) is 9.26. The summed E-state index contributed by atoms with van der Waals surface area (Å²) in [5.41, 5.74) is 7.30. The lowest BCUT2D eigenvalue weighted by molar-refractivity contribution is 0.154. The third kappa shape index (κ3) is 2.84. The molecule has 19 heavy (non-hydrogen) atoms. The van der Waals surface area contributed by atoms with Crippen LogP contribution in [0.5, 0.6) is 0 Å². The van der Waals surface area contributed by atoms with E-state index in [2.05, 4.69) is 22.6 Å². The topological polar surface area (TPSA) is 47.1 Å². The van der Waals surface area contributed by atoms with Gasteiger partial charge in [-0.25, -0.2) is 4.98 Å². The second-order valence-corrected chi connectivity index (χ2v) is 6.08. The van der Waals surface area contributed by atoms with E-state index in [1.165, 1.54) is 43.9 Å². The molecule has 0 saturated carbocycles. The molecule has 2 aliphatic heterocycles. The normalized spacial score (nSPS) is 28.3. The summed E-state index contributed by atoms with van der Waals surface area (Å²) >= 11 is 0. The Bertz CT molecular complexity index is 426. The highest BCUT2D eigenvalue weighted by molar-refractivity contribution is 5.09. The SMILES string of the molecule is CCN1CCCCC1Cc1cn2c(n1)CCC(N)C2. The lowest BCUT2D eigenvalue weighted by Crippen LogP contribution is -2.40. The third-order valence-corrected chi connectivity index (χ3v) is 4.68. The van der Waals surface area contributed by atoms with Crippen molar-refractivity contribution < 1.29 is 0 Å². The lowest BCUT2D eigenvalue weighted by atomic mass is 9.98. The van der Waals surface area contributed by atoms with Gasteiger partial charge in [0, 0.05) is 37.7 Å². The molecule has 1 saturated heterocycles. The number of aryl methyl sites for hydroxylation is 1. The number of hydrogen-bond donors (Lipinski definition) is 1. The molecule has 0 spiro atoms. The van der Waals surface area contributed by atoms with Crippen molar-refractivity contribution in [3.8, 4) is 0 Å². The Balaban J connectivity index is 1.69. The standard InChI is InChI=1S/C15H26N4/c1-2-18-8-4-3-5-14(18)9-13-11-19-10-12(16)6-7-15(19)17-13/h11-12,14H,2-10,16H2,1H3. The van der Waals surface area contributed by atoms with Crippen LogP contribution in [-0.4, -0.2) is 39.6 Å². The lowest BCUT2D eigenvalue weighted by Gasteiger charge is -2.34. The number of likely N-dealkylation sites (tertiary alicyclic amines) is 1. The van der Waals surface area contributed by atoms with Gasteiger partial charge in [0.1, 0.15) is 5.82 Å².